The van der Waals surface area contributed by atoms with Gasteiger partial charge in [-0.25, -0.2) is 0 Å². The van der Waals surface area contributed by atoms with Gasteiger partial charge in [0.2, 0.25) is 11.8 Å². The van der Waals surface area contributed by atoms with Crippen molar-refractivity contribution in [1.29, 1.82) is 0 Å². The number of amides is 3. The number of nitrogens with zero attached hydrogens (tertiary/aromatic N) is 5. The Bertz CT molecular complexity index is 857. The molecule has 0 aliphatic carbocycles. The summed E-state index contributed by atoms with van der Waals surface area (Å²) in [7, 11) is 1.85. The minimum absolute atomic E-state index is 0.0542. The summed E-state index contributed by atoms with van der Waals surface area (Å²) in [6.45, 7) is 7.12. The fourth-order valence-electron chi connectivity index (χ4n) is 4.90. The third-order valence-corrected chi connectivity index (χ3v) is 6.83. The number of carbonyl (C=O) groups excluding carboxylic acids is 3. The van der Waals surface area contributed by atoms with Gasteiger partial charge in [0, 0.05) is 70.3 Å². The molecule has 10 nitrogen and oxygen atoms in total. The molecule has 0 bridgehead atoms. The molecule has 33 heavy (non-hydrogen) atoms. The van der Waals surface area contributed by atoms with Crippen molar-refractivity contribution in [2.75, 3.05) is 59.0 Å². The van der Waals surface area contributed by atoms with Gasteiger partial charge in [-0.1, -0.05) is 0 Å². The predicted octanol–water partition coefficient (Wildman–Crippen LogP) is 0.160. The molecule has 4 heterocycles. The third kappa shape index (κ3) is 5.92. The van der Waals surface area contributed by atoms with Gasteiger partial charge in [0.1, 0.15) is 0 Å². The smallest absolute Gasteiger partial charge is 0.274 e. The maximum absolute atomic E-state index is 13.0. The zero-order valence-electron chi connectivity index (χ0n) is 19.7. The lowest BCUT2D eigenvalue weighted by atomic mass is 10.0. The van der Waals surface area contributed by atoms with Gasteiger partial charge in [0.15, 0.2) is 5.69 Å². The molecule has 3 amide bonds. The molecule has 1 aromatic rings. The Morgan fingerprint density at radius 1 is 1.00 bits per heavy atom. The highest BCUT2D eigenvalue weighted by molar-refractivity contribution is 5.94. The number of ether oxygens (including phenoxy) is 1. The first-order chi connectivity index (χ1) is 16.0. The van der Waals surface area contributed by atoms with Crippen LogP contribution in [0.3, 0.4) is 0 Å². The first-order valence-electron chi connectivity index (χ1n) is 12.2. The number of carbonyl (C=O) groups is 3. The Morgan fingerprint density at radius 2 is 1.76 bits per heavy atom. The minimum atomic E-state index is -0.0993. The van der Waals surface area contributed by atoms with E-state index < -0.39 is 0 Å². The van der Waals surface area contributed by atoms with E-state index in [-0.39, 0.29) is 30.6 Å². The molecule has 10 heteroatoms. The molecule has 0 atom stereocenters. The summed E-state index contributed by atoms with van der Waals surface area (Å²) >= 11 is 0. The molecule has 0 aromatic carbocycles. The number of aromatic nitrogens is 2. The highest BCUT2D eigenvalue weighted by Crippen LogP contribution is 2.24. The lowest BCUT2D eigenvalue weighted by Crippen LogP contribution is -2.42. The quantitative estimate of drug-likeness (QED) is 0.555. The monoisotopic (exact) mass is 460 g/mol. The Labute approximate surface area is 195 Å². The second-order valence-electron chi connectivity index (χ2n) is 9.12. The summed E-state index contributed by atoms with van der Waals surface area (Å²) in [5, 5.41) is 7.42. The van der Waals surface area contributed by atoms with E-state index in [0.717, 1.165) is 37.3 Å². The van der Waals surface area contributed by atoms with Crippen LogP contribution in [-0.4, -0.2) is 101 Å². The van der Waals surface area contributed by atoms with Crippen molar-refractivity contribution in [3.63, 3.8) is 0 Å². The van der Waals surface area contributed by atoms with Crippen LogP contribution in [0.1, 0.15) is 53.8 Å². The zero-order valence-corrected chi connectivity index (χ0v) is 19.7. The Morgan fingerprint density at radius 3 is 2.52 bits per heavy atom. The molecule has 0 saturated carbocycles. The van der Waals surface area contributed by atoms with Crippen molar-refractivity contribution < 1.29 is 19.1 Å². The van der Waals surface area contributed by atoms with E-state index in [2.05, 4.69) is 15.3 Å². The van der Waals surface area contributed by atoms with Crippen LogP contribution in [0.4, 0.5) is 0 Å². The summed E-state index contributed by atoms with van der Waals surface area (Å²) in [5.41, 5.74) is 2.27. The normalized spacial score (nSPS) is 18.9. The van der Waals surface area contributed by atoms with Crippen molar-refractivity contribution in [1.82, 2.24) is 29.8 Å². The van der Waals surface area contributed by atoms with E-state index in [0.29, 0.717) is 58.1 Å². The molecule has 0 spiro atoms. The van der Waals surface area contributed by atoms with Crippen LogP contribution in [0.25, 0.3) is 0 Å². The summed E-state index contributed by atoms with van der Waals surface area (Å²) in [6, 6.07) is 0. The second-order valence-corrected chi connectivity index (χ2v) is 9.12. The fourth-order valence-corrected chi connectivity index (χ4v) is 4.90. The molecule has 4 rings (SSSR count). The second kappa shape index (κ2) is 11.1. The van der Waals surface area contributed by atoms with Gasteiger partial charge in [0.25, 0.3) is 5.91 Å². The standard InChI is InChI=1S/C23H36N6O4/c1-26-19-7-12-29(17-18(19)22(25-26)23(32)28-13-15-33-16-14-28)21(31)6-5-20(30)24-8-4-11-27-9-2-3-10-27/h2-17H2,1H3,(H,24,30). The highest BCUT2D eigenvalue weighted by atomic mass is 16.5. The number of nitrogens with one attached hydrogen (secondary N) is 1. The van der Waals surface area contributed by atoms with Crippen molar-refractivity contribution in [2.24, 2.45) is 7.05 Å². The Kier molecular flexibility index (Phi) is 7.97. The third-order valence-electron chi connectivity index (χ3n) is 6.83. The first-order valence-corrected chi connectivity index (χ1v) is 12.2. The summed E-state index contributed by atoms with van der Waals surface area (Å²) < 4.78 is 7.11. The van der Waals surface area contributed by atoms with E-state index in [1.54, 1.807) is 14.5 Å². The maximum Gasteiger partial charge on any atom is 0.274 e. The average molecular weight is 461 g/mol. The van der Waals surface area contributed by atoms with E-state index in [9.17, 15) is 14.4 Å². The highest BCUT2D eigenvalue weighted by Gasteiger charge is 2.31. The van der Waals surface area contributed by atoms with Crippen LogP contribution in [-0.2, 0) is 34.3 Å². The van der Waals surface area contributed by atoms with Gasteiger partial charge in [-0.05, 0) is 38.9 Å². The molecular formula is C23H36N6O4. The van der Waals surface area contributed by atoms with Crippen LogP contribution in [0.2, 0.25) is 0 Å². The van der Waals surface area contributed by atoms with Crippen LogP contribution in [0, 0.1) is 0 Å². The molecule has 1 N–H and O–H groups in total. The van der Waals surface area contributed by atoms with Crippen molar-refractivity contribution in [3.8, 4) is 0 Å². The van der Waals surface area contributed by atoms with Gasteiger partial charge in [0.05, 0.1) is 13.2 Å². The Balaban J connectivity index is 1.25. The van der Waals surface area contributed by atoms with Gasteiger partial charge in [-0.15, -0.1) is 0 Å². The van der Waals surface area contributed by atoms with Crippen LogP contribution >= 0.6 is 0 Å². The molecule has 3 aliphatic heterocycles. The van der Waals surface area contributed by atoms with Crippen molar-refractivity contribution >= 4 is 17.7 Å². The van der Waals surface area contributed by atoms with Crippen LogP contribution in [0.15, 0.2) is 0 Å². The first kappa shape index (κ1) is 23.7. The topological polar surface area (TPSA) is 100 Å². The molecule has 182 valence electrons. The molecular weight excluding hydrogens is 424 g/mol. The van der Waals surface area contributed by atoms with E-state index in [1.807, 2.05) is 7.05 Å². The fraction of sp³-hybridized carbons (Fsp3) is 0.739. The van der Waals surface area contributed by atoms with Gasteiger partial charge < -0.3 is 24.8 Å². The van der Waals surface area contributed by atoms with E-state index >= 15 is 0 Å². The largest absolute Gasteiger partial charge is 0.378 e. The van der Waals surface area contributed by atoms with E-state index in [1.165, 1.54) is 12.8 Å². The summed E-state index contributed by atoms with van der Waals surface area (Å²) in [6.07, 6.45) is 4.51. The van der Waals surface area contributed by atoms with Crippen LogP contribution < -0.4 is 5.32 Å². The van der Waals surface area contributed by atoms with Gasteiger partial charge in [-0.3, -0.25) is 19.1 Å². The predicted molar refractivity (Wildman–Crippen MR) is 122 cm³/mol. The lowest BCUT2D eigenvalue weighted by molar-refractivity contribution is -0.134. The summed E-state index contributed by atoms with van der Waals surface area (Å²) in [4.78, 5) is 43.9. The van der Waals surface area contributed by atoms with Crippen molar-refractivity contribution in [2.45, 2.75) is 45.1 Å². The molecule has 3 aliphatic rings. The number of aryl methyl sites for hydroxylation is 1. The number of rotatable bonds is 8. The Hall–Kier alpha value is -2.46. The van der Waals surface area contributed by atoms with E-state index in [4.69, 9.17) is 4.74 Å². The van der Waals surface area contributed by atoms with Gasteiger partial charge in [-0.2, -0.15) is 5.10 Å². The lowest BCUT2D eigenvalue weighted by Gasteiger charge is -2.29. The molecule has 2 saturated heterocycles. The number of fused-ring (bicyclic) bond motifs is 1. The number of hydrogen-bond acceptors (Lipinski definition) is 6. The molecule has 2 fully saturated rings. The number of morpholine rings is 1. The SMILES string of the molecule is Cn1nc(C(=O)N2CCOCC2)c2c1CCN(C(=O)CCC(=O)NCCCN1CCCC1)C2. The zero-order chi connectivity index (χ0) is 23.2. The summed E-state index contributed by atoms with van der Waals surface area (Å²) in [5.74, 6) is -0.230. The van der Waals surface area contributed by atoms with Crippen LogP contribution in [0.5, 0.6) is 0 Å². The minimum Gasteiger partial charge on any atom is -0.378 e. The number of likely N-dealkylation sites (tertiary alicyclic amines) is 1. The molecule has 1 aromatic heterocycles. The number of hydrogen-bond donors (Lipinski definition) is 1. The maximum atomic E-state index is 13.0. The van der Waals surface area contributed by atoms with Crippen molar-refractivity contribution in [3.05, 3.63) is 17.0 Å². The molecule has 0 unspecified atom stereocenters. The van der Waals surface area contributed by atoms with Gasteiger partial charge >= 0.3 is 0 Å². The molecule has 0 radical (unpaired) electrons. The average Bonchev–Trinajstić information content (AvgIpc) is 3.48.